The lowest BCUT2D eigenvalue weighted by molar-refractivity contribution is 0.376. The van der Waals surface area contributed by atoms with Crippen LogP contribution in [-0.2, 0) is 0 Å². The molecule has 0 aliphatic carbocycles. The molecule has 4 heteroatoms. The van der Waals surface area contributed by atoms with E-state index >= 15 is 0 Å². The van der Waals surface area contributed by atoms with Gasteiger partial charge in [0.25, 0.3) is 0 Å². The normalized spacial score (nSPS) is 13.7. The molecule has 0 radical (unpaired) electrons. The van der Waals surface area contributed by atoms with Crippen LogP contribution in [0.1, 0.15) is 43.2 Å². The maximum Gasteiger partial charge on any atom is 0.169 e. The molecule has 1 aromatic heterocycles. The number of hydrogen-bond donors (Lipinski definition) is 1. The second-order valence-electron chi connectivity index (χ2n) is 4.69. The first-order valence-corrected chi connectivity index (χ1v) is 7.43. The van der Waals surface area contributed by atoms with Crippen molar-refractivity contribution in [3.05, 3.63) is 58.5 Å². The number of rotatable bonds is 6. The van der Waals surface area contributed by atoms with Crippen molar-refractivity contribution in [1.82, 2.24) is 5.32 Å². The van der Waals surface area contributed by atoms with Gasteiger partial charge in [0.1, 0.15) is 5.76 Å². The van der Waals surface area contributed by atoms with Crippen molar-refractivity contribution in [2.75, 3.05) is 0 Å². The standard InChI is InChI=1S/C16H17BrN2O/c1-12(15-9-10-16(17)20-15)19-14(8-5-11-18)13-6-3-2-4-7-13/h2-4,6-7,9-10,12,14,19H,5,8H2,1H3/t12-,14+/m0/s1. The van der Waals surface area contributed by atoms with E-state index in [-0.39, 0.29) is 12.1 Å². The summed E-state index contributed by atoms with van der Waals surface area (Å²) in [5.41, 5.74) is 1.19. The van der Waals surface area contributed by atoms with E-state index in [9.17, 15) is 0 Å². The van der Waals surface area contributed by atoms with Crippen molar-refractivity contribution in [1.29, 1.82) is 5.26 Å². The Morgan fingerprint density at radius 1 is 1.25 bits per heavy atom. The predicted molar refractivity (Wildman–Crippen MR) is 82.0 cm³/mol. The maximum atomic E-state index is 8.81. The molecule has 1 aromatic carbocycles. The average molecular weight is 333 g/mol. The van der Waals surface area contributed by atoms with E-state index in [1.54, 1.807) is 0 Å². The highest BCUT2D eigenvalue weighted by Gasteiger charge is 2.17. The van der Waals surface area contributed by atoms with Gasteiger partial charge in [0.15, 0.2) is 4.67 Å². The molecular weight excluding hydrogens is 316 g/mol. The summed E-state index contributed by atoms with van der Waals surface area (Å²) in [5.74, 6) is 0.884. The van der Waals surface area contributed by atoms with Gasteiger partial charge in [-0.2, -0.15) is 5.26 Å². The molecule has 3 nitrogen and oxygen atoms in total. The highest BCUT2D eigenvalue weighted by molar-refractivity contribution is 9.10. The lowest BCUT2D eigenvalue weighted by atomic mass is 10.0. The minimum Gasteiger partial charge on any atom is -0.453 e. The molecule has 20 heavy (non-hydrogen) atoms. The van der Waals surface area contributed by atoms with Crippen LogP contribution in [0.25, 0.3) is 0 Å². The molecule has 0 fully saturated rings. The molecule has 0 saturated heterocycles. The summed E-state index contributed by atoms with van der Waals surface area (Å²) in [7, 11) is 0. The van der Waals surface area contributed by atoms with E-state index in [1.165, 1.54) is 5.56 Å². The molecule has 0 aliphatic heterocycles. The van der Waals surface area contributed by atoms with Gasteiger partial charge in [0.2, 0.25) is 0 Å². The summed E-state index contributed by atoms with van der Waals surface area (Å²) in [6.07, 6.45) is 1.31. The Morgan fingerprint density at radius 2 is 2.00 bits per heavy atom. The molecule has 1 heterocycles. The zero-order chi connectivity index (χ0) is 14.4. The number of nitriles is 1. The van der Waals surface area contributed by atoms with Gasteiger partial charge >= 0.3 is 0 Å². The van der Waals surface area contributed by atoms with E-state index in [2.05, 4.69) is 46.4 Å². The molecule has 0 unspecified atom stereocenters. The molecule has 2 atom stereocenters. The van der Waals surface area contributed by atoms with Crippen LogP contribution in [0.15, 0.2) is 51.6 Å². The molecule has 2 rings (SSSR count). The van der Waals surface area contributed by atoms with Crippen molar-refractivity contribution < 1.29 is 4.42 Å². The topological polar surface area (TPSA) is 49.0 Å². The molecule has 0 amide bonds. The molecule has 0 aliphatic rings. The summed E-state index contributed by atoms with van der Waals surface area (Å²) in [6.45, 7) is 2.06. The van der Waals surface area contributed by atoms with Gasteiger partial charge in [-0.25, -0.2) is 0 Å². The zero-order valence-corrected chi connectivity index (χ0v) is 12.9. The van der Waals surface area contributed by atoms with Crippen molar-refractivity contribution in [3.8, 4) is 6.07 Å². The summed E-state index contributed by atoms with van der Waals surface area (Å²) < 4.78 is 6.31. The largest absolute Gasteiger partial charge is 0.453 e. The van der Waals surface area contributed by atoms with Crippen LogP contribution in [0.2, 0.25) is 0 Å². The fourth-order valence-corrected chi connectivity index (χ4v) is 2.50. The zero-order valence-electron chi connectivity index (χ0n) is 11.3. The van der Waals surface area contributed by atoms with Crippen LogP contribution in [-0.4, -0.2) is 0 Å². The van der Waals surface area contributed by atoms with Crippen molar-refractivity contribution in [2.45, 2.75) is 31.8 Å². The second kappa shape index (κ2) is 7.28. The first-order chi connectivity index (χ1) is 9.70. The fourth-order valence-electron chi connectivity index (χ4n) is 2.19. The van der Waals surface area contributed by atoms with Crippen LogP contribution in [0.4, 0.5) is 0 Å². The molecule has 0 spiro atoms. The van der Waals surface area contributed by atoms with E-state index in [0.717, 1.165) is 16.9 Å². The molecule has 1 N–H and O–H groups in total. The van der Waals surface area contributed by atoms with Gasteiger partial charge in [0, 0.05) is 12.5 Å². The Balaban J connectivity index is 2.10. The SMILES string of the molecule is C[C@H](N[C@H](CCC#N)c1ccccc1)c1ccc(Br)o1. The van der Waals surface area contributed by atoms with Crippen LogP contribution in [0, 0.1) is 11.3 Å². The monoisotopic (exact) mass is 332 g/mol. The highest BCUT2D eigenvalue weighted by Crippen LogP contribution is 2.25. The summed E-state index contributed by atoms with van der Waals surface area (Å²) in [4.78, 5) is 0. The van der Waals surface area contributed by atoms with Gasteiger partial charge in [-0.1, -0.05) is 30.3 Å². The quantitative estimate of drug-likeness (QED) is 0.831. The van der Waals surface area contributed by atoms with E-state index in [4.69, 9.17) is 9.68 Å². The van der Waals surface area contributed by atoms with Gasteiger partial charge < -0.3 is 9.73 Å². The number of furan rings is 1. The number of benzene rings is 1. The lowest BCUT2D eigenvalue weighted by Crippen LogP contribution is -2.24. The van der Waals surface area contributed by atoms with E-state index in [0.29, 0.717) is 6.42 Å². The third-order valence-electron chi connectivity index (χ3n) is 3.22. The van der Waals surface area contributed by atoms with E-state index in [1.807, 2.05) is 30.3 Å². The number of nitrogens with one attached hydrogen (secondary N) is 1. The average Bonchev–Trinajstić information content (AvgIpc) is 2.91. The Morgan fingerprint density at radius 3 is 2.60 bits per heavy atom. The minimum absolute atomic E-state index is 0.0881. The number of nitrogens with zero attached hydrogens (tertiary/aromatic N) is 1. The Labute approximate surface area is 127 Å². The second-order valence-corrected chi connectivity index (χ2v) is 5.47. The molecule has 0 saturated carbocycles. The maximum absolute atomic E-state index is 8.81. The smallest absolute Gasteiger partial charge is 0.169 e. The van der Waals surface area contributed by atoms with Gasteiger partial charge in [-0.05, 0) is 47.0 Å². The number of halogens is 1. The third-order valence-corrected chi connectivity index (χ3v) is 3.64. The highest BCUT2D eigenvalue weighted by atomic mass is 79.9. The first-order valence-electron chi connectivity index (χ1n) is 6.64. The third kappa shape index (κ3) is 3.96. The molecule has 0 bridgehead atoms. The van der Waals surface area contributed by atoms with Gasteiger partial charge in [0.05, 0.1) is 12.1 Å². The van der Waals surface area contributed by atoms with E-state index < -0.39 is 0 Å². The summed E-state index contributed by atoms with van der Waals surface area (Å²) in [5, 5.41) is 12.3. The first kappa shape index (κ1) is 14.8. The Bertz CT molecular complexity index is 574. The number of hydrogen-bond acceptors (Lipinski definition) is 3. The Kier molecular flexibility index (Phi) is 5.40. The van der Waals surface area contributed by atoms with Crippen LogP contribution in [0.5, 0.6) is 0 Å². The lowest BCUT2D eigenvalue weighted by Gasteiger charge is -2.22. The van der Waals surface area contributed by atoms with Gasteiger partial charge in [-0.15, -0.1) is 0 Å². The summed E-state index contributed by atoms with van der Waals surface area (Å²) >= 11 is 3.32. The summed E-state index contributed by atoms with van der Waals surface area (Å²) in [6, 6.07) is 16.5. The predicted octanol–water partition coefficient (Wildman–Crippen LogP) is 4.74. The van der Waals surface area contributed by atoms with Crippen LogP contribution in [0.3, 0.4) is 0 Å². The fraction of sp³-hybridized carbons (Fsp3) is 0.312. The minimum atomic E-state index is 0.0881. The molecule has 2 aromatic rings. The molecule has 104 valence electrons. The Hall–Kier alpha value is -1.57. The van der Waals surface area contributed by atoms with Crippen molar-refractivity contribution in [2.24, 2.45) is 0 Å². The van der Waals surface area contributed by atoms with Crippen molar-refractivity contribution >= 4 is 15.9 Å². The van der Waals surface area contributed by atoms with Gasteiger partial charge in [-0.3, -0.25) is 0 Å². The molecular formula is C16H17BrN2O. The van der Waals surface area contributed by atoms with Crippen molar-refractivity contribution in [3.63, 3.8) is 0 Å². The van der Waals surface area contributed by atoms with Crippen LogP contribution >= 0.6 is 15.9 Å². The van der Waals surface area contributed by atoms with Crippen LogP contribution < -0.4 is 5.32 Å².